The molecule has 27 heavy (non-hydrogen) atoms. The molecule has 9 heteroatoms. The van der Waals surface area contributed by atoms with Crippen molar-refractivity contribution in [2.45, 2.75) is 26.6 Å². The first-order chi connectivity index (χ1) is 12.8. The predicted octanol–water partition coefficient (Wildman–Crippen LogP) is 3.81. The fourth-order valence-corrected chi connectivity index (χ4v) is 2.66. The zero-order valence-corrected chi connectivity index (χ0v) is 14.9. The van der Waals surface area contributed by atoms with Crippen LogP contribution in [0.15, 0.2) is 42.9 Å². The van der Waals surface area contributed by atoms with Gasteiger partial charge in [0.1, 0.15) is 5.69 Å². The molecule has 3 aromatic heterocycles. The monoisotopic (exact) mass is 376 g/mol. The van der Waals surface area contributed by atoms with Crippen molar-refractivity contribution < 1.29 is 13.2 Å². The van der Waals surface area contributed by atoms with E-state index in [0.29, 0.717) is 18.2 Å². The average molecular weight is 376 g/mol. The maximum Gasteiger partial charge on any atom is 0.433 e. The molecular weight excluding hydrogens is 357 g/mol. The number of hydrogen-bond donors (Lipinski definition) is 1. The number of aromatic nitrogens is 5. The van der Waals surface area contributed by atoms with E-state index >= 15 is 0 Å². The quantitative estimate of drug-likeness (QED) is 0.709. The van der Waals surface area contributed by atoms with Crippen molar-refractivity contribution in [3.63, 3.8) is 0 Å². The maximum absolute atomic E-state index is 13.1. The highest BCUT2D eigenvalue weighted by Crippen LogP contribution is 2.30. The van der Waals surface area contributed by atoms with Crippen LogP contribution < -0.4 is 5.32 Å². The summed E-state index contributed by atoms with van der Waals surface area (Å²) in [6.45, 7) is 3.94. The Bertz CT molecular complexity index is 892. The van der Waals surface area contributed by atoms with E-state index in [-0.39, 0.29) is 12.5 Å². The molecule has 0 radical (unpaired) electrons. The van der Waals surface area contributed by atoms with Gasteiger partial charge in [0.15, 0.2) is 0 Å². The van der Waals surface area contributed by atoms with Crippen LogP contribution in [-0.2, 0) is 12.7 Å². The van der Waals surface area contributed by atoms with Gasteiger partial charge in [-0.25, -0.2) is 9.97 Å². The summed E-state index contributed by atoms with van der Waals surface area (Å²) in [5.41, 5.74) is 1.19. The van der Waals surface area contributed by atoms with E-state index in [1.807, 2.05) is 19.1 Å². The van der Waals surface area contributed by atoms with Gasteiger partial charge < -0.3 is 5.32 Å². The summed E-state index contributed by atoms with van der Waals surface area (Å²) in [7, 11) is 0. The zero-order valence-electron chi connectivity index (χ0n) is 14.9. The molecule has 0 bridgehead atoms. The summed E-state index contributed by atoms with van der Waals surface area (Å²) < 4.78 is 40.2. The second-order valence-electron chi connectivity index (χ2n) is 6.34. The van der Waals surface area contributed by atoms with Crippen LogP contribution in [0, 0.1) is 12.8 Å². The number of pyridine rings is 1. The lowest BCUT2D eigenvalue weighted by molar-refractivity contribution is -0.144. The Morgan fingerprint density at radius 2 is 2.04 bits per heavy atom. The zero-order chi connectivity index (χ0) is 19.4. The smallest absolute Gasteiger partial charge is 0.354 e. The minimum Gasteiger partial charge on any atom is -0.354 e. The largest absolute Gasteiger partial charge is 0.433 e. The van der Waals surface area contributed by atoms with Gasteiger partial charge >= 0.3 is 6.18 Å². The third-order valence-corrected chi connectivity index (χ3v) is 3.90. The van der Waals surface area contributed by atoms with E-state index in [1.165, 1.54) is 0 Å². The van der Waals surface area contributed by atoms with Crippen LogP contribution in [0.25, 0.3) is 11.3 Å². The summed E-state index contributed by atoms with van der Waals surface area (Å²) in [5.74, 6) is 0.298. The number of hydrogen-bond acceptors (Lipinski definition) is 5. The molecule has 0 saturated heterocycles. The number of halogens is 3. The van der Waals surface area contributed by atoms with E-state index in [1.54, 1.807) is 31.6 Å². The van der Waals surface area contributed by atoms with E-state index in [0.717, 1.165) is 22.0 Å². The second kappa shape index (κ2) is 7.73. The molecule has 0 fully saturated rings. The summed E-state index contributed by atoms with van der Waals surface area (Å²) in [6.07, 6.45) is 0.585. The molecule has 0 amide bonds. The average Bonchev–Trinajstić information content (AvgIpc) is 3.01. The maximum atomic E-state index is 13.1. The van der Waals surface area contributed by atoms with Gasteiger partial charge in [0.25, 0.3) is 0 Å². The number of nitrogens with one attached hydrogen (secondary N) is 1. The molecule has 0 aliphatic heterocycles. The van der Waals surface area contributed by atoms with Gasteiger partial charge in [0, 0.05) is 37.2 Å². The van der Waals surface area contributed by atoms with Crippen molar-refractivity contribution in [1.82, 2.24) is 24.7 Å². The van der Waals surface area contributed by atoms with Gasteiger partial charge in [0.2, 0.25) is 5.95 Å². The molecule has 0 unspecified atom stereocenters. The molecule has 0 spiro atoms. The standard InChI is InChI=1S/C18H19F3N6/c1-12(11-27-16(18(19,20)21)8-13(2)26-27)9-24-17-23-7-5-15(25-17)14-4-3-6-22-10-14/h3-8,10,12H,9,11H2,1-2H3,(H,23,24,25)/t12-/m1/s1. The predicted molar refractivity (Wildman–Crippen MR) is 94.9 cm³/mol. The summed E-state index contributed by atoms with van der Waals surface area (Å²) in [4.78, 5) is 12.6. The Balaban J connectivity index is 1.64. The van der Waals surface area contributed by atoms with Crippen molar-refractivity contribution in [1.29, 1.82) is 0 Å². The Morgan fingerprint density at radius 1 is 1.22 bits per heavy atom. The highest BCUT2D eigenvalue weighted by atomic mass is 19.4. The van der Waals surface area contributed by atoms with Crippen molar-refractivity contribution in [3.05, 3.63) is 54.2 Å². The van der Waals surface area contributed by atoms with Crippen LogP contribution in [0.1, 0.15) is 18.3 Å². The molecule has 3 heterocycles. The Labute approximate surface area is 154 Å². The van der Waals surface area contributed by atoms with E-state index in [4.69, 9.17) is 0 Å². The van der Waals surface area contributed by atoms with Gasteiger partial charge in [-0.15, -0.1) is 0 Å². The third kappa shape index (κ3) is 4.81. The lowest BCUT2D eigenvalue weighted by Crippen LogP contribution is -2.22. The second-order valence-corrected chi connectivity index (χ2v) is 6.34. The Hall–Kier alpha value is -2.97. The first-order valence-electron chi connectivity index (χ1n) is 8.42. The number of nitrogens with zero attached hydrogens (tertiary/aromatic N) is 5. The van der Waals surface area contributed by atoms with E-state index < -0.39 is 11.9 Å². The lowest BCUT2D eigenvalue weighted by atomic mass is 10.2. The molecule has 0 aliphatic carbocycles. The van der Waals surface area contributed by atoms with Crippen molar-refractivity contribution >= 4 is 5.95 Å². The van der Waals surface area contributed by atoms with Gasteiger partial charge in [0.05, 0.1) is 11.4 Å². The highest BCUT2D eigenvalue weighted by Gasteiger charge is 2.35. The molecule has 1 atom stereocenters. The molecule has 0 aliphatic rings. The first kappa shape index (κ1) is 18.8. The van der Waals surface area contributed by atoms with Crippen LogP contribution >= 0.6 is 0 Å². The van der Waals surface area contributed by atoms with Crippen LogP contribution in [0.5, 0.6) is 0 Å². The van der Waals surface area contributed by atoms with Gasteiger partial charge in [-0.3, -0.25) is 9.67 Å². The fraction of sp³-hybridized carbons (Fsp3) is 0.333. The summed E-state index contributed by atoms with van der Waals surface area (Å²) in [6, 6.07) is 6.53. The number of aryl methyl sites for hydroxylation is 1. The van der Waals surface area contributed by atoms with Crippen molar-refractivity contribution in [2.24, 2.45) is 5.92 Å². The molecule has 0 saturated carbocycles. The first-order valence-corrected chi connectivity index (χ1v) is 8.42. The summed E-state index contributed by atoms with van der Waals surface area (Å²) in [5, 5.41) is 7.03. The van der Waals surface area contributed by atoms with Crippen molar-refractivity contribution in [3.8, 4) is 11.3 Å². The van der Waals surface area contributed by atoms with Gasteiger partial charge in [-0.2, -0.15) is 18.3 Å². The molecular formula is C18H19F3N6. The number of rotatable bonds is 6. The molecule has 3 aromatic rings. The van der Waals surface area contributed by atoms with Crippen LogP contribution in [0.4, 0.5) is 19.1 Å². The van der Waals surface area contributed by atoms with Gasteiger partial charge in [-0.05, 0) is 37.1 Å². The minimum absolute atomic E-state index is 0.115. The van der Waals surface area contributed by atoms with Crippen molar-refractivity contribution in [2.75, 3.05) is 11.9 Å². The minimum atomic E-state index is -4.42. The van der Waals surface area contributed by atoms with Crippen LogP contribution in [0.2, 0.25) is 0 Å². The van der Waals surface area contributed by atoms with Gasteiger partial charge in [-0.1, -0.05) is 6.92 Å². The number of anilines is 1. The Morgan fingerprint density at radius 3 is 2.74 bits per heavy atom. The molecule has 1 N–H and O–H groups in total. The van der Waals surface area contributed by atoms with Crippen LogP contribution in [0.3, 0.4) is 0 Å². The fourth-order valence-electron chi connectivity index (χ4n) is 2.66. The van der Waals surface area contributed by atoms with Crippen LogP contribution in [-0.4, -0.2) is 31.3 Å². The highest BCUT2D eigenvalue weighted by molar-refractivity contribution is 5.58. The van der Waals surface area contributed by atoms with E-state index in [9.17, 15) is 13.2 Å². The molecule has 0 aromatic carbocycles. The SMILES string of the molecule is Cc1cc(C(F)(F)F)n(C[C@H](C)CNc2nccc(-c3cccnc3)n2)n1. The Kier molecular flexibility index (Phi) is 5.38. The topological polar surface area (TPSA) is 68.5 Å². The normalized spacial score (nSPS) is 12.8. The molecule has 6 nitrogen and oxygen atoms in total. The lowest BCUT2D eigenvalue weighted by Gasteiger charge is -2.16. The molecule has 142 valence electrons. The van der Waals surface area contributed by atoms with E-state index in [2.05, 4.69) is 25.4 Å². The summed E-state index contributed by atoms with van der Waals surface area (Å²) >= 11 is 0. The third-order valence-electron chi connectivity index (χ3n) is 3.90. The number of alkyl halides is 3. The molecule has 3 rings (SSSR count).